The molecular formula is C14H10FNO2. The number of carbonyl (C=O) groups excluding carboxylic acids is 2. The summed E-state index contributed by atoms with van der Waals surface area (Å²) in [6.45, 7) is 0. The van der Waals surface area contributed by atoms with Gasteiger partial charge in [-0.2, -0.15) is 0 Å². The maximum Gasteiger partial charge on any atom is 0.234 e. The fourth-order valence-corrected chi connectivity index (χ4v) is 2.39. The Morgan fingerprint density at radius 2 is 2.00 bits per heavy atom. The van der Waals surface area contributed by atoms with E-state index in [9.17, 15) is 14.0 Å². The van der Waals surface area contributed by atoms with E-state index in [0.29, 0.717) is 0 Å². The van der Waals surface area contributed by atoms with Gasteiger partial charge in [0.15, 0.2) is 0 Å². The van der Waals surface area contributed by atoms with Crippen molar-refractivity contribution in [3.63, 3.8) is 0 Å². The molecule has 1 fully saturated rings. The van der Waals surface area contributed by atoms with Gasteiger partial charge >= 0.3 is 0 Å². The van der Waals surface area contributed by atoms with Crippen molar-refractivity contribution in [2.45, 2.75) is 12.3 Å². The van der Waals surface area contributed by atoms with Crippen LogP contribution in [0.15, 0.2) is 36.4 Å². The molecule has 1 saturated heterocycles. The summed E-state index contributed by atoms with van der Waals surface area (Å²) in [6, 6.07) is 9.80. The number of hydrogen-bond acceptors (Lipinski definition) is 2. The van der Waals surface area contributed by atoms with Crippen LogP contribution in [0.25, 0.3) is 10.8 Å². The molecule has 1 aliphatic heterocycles. The fraction of sp³-hybridized carbons (Fsp3) is 0.143. The zero-order chi connectivity index (χ0) is 12.7. The Balaban J connectivity index is 2.18. The molecule has 2 aromatic carbocycles. The molecule has 0 saturated carbocycles. The van der Waals surface area contributed by atoms with E-state index in [0.717, 1.165) is 16.3 Å². The lowest BCUT2D eigenvalue weighted by molar-refractivity contribution is -0.125. The topological polar surface area (TPSA) is 46.2 Å². The van der Waals surface area contributed by atoms with Crippen molar-refractivity contribution >= 4 is 22.6 Å². The van der Waals surface area contributed by atoms with Crippen LogP contribution < -0.4 is 5.32 Å². The zero-order valence-corrected chi connectivity index (χ0v) is 9.44. The summed E-state index contributed by atoms with van der Waals surface area (Å²) in [5.74, 6) is -1.32. The number of amides is 2. The van der Waals surface area contributed by atoms with E-state index < -0.39 is 5.92 Å². The molecule has 18 heavy (non-hydrogen) atoms. The molecule has 2 aromatic rings. The zero-order valence-electron chi connectivity index (χ0n) is 9.44. The van der Waals surface area contributed by atoms with Crippen LogP contribution in [0.5, 0.6) is 0 Å². The maximum atomic E-state index is 13.2. The lowest BCUT2D eigenvalue weighted by Gasteiger charge is -2.10. The minimum absolute atomic E-state index is 0.162. The van der Waals surface area contributed by atoms with E-state index >= 15 is 0 Å². The van der Waals surface area contributed by atoms with Crippen LogP contribution in [0.3, 0.4) is 0 Å². The first kappa shape index (κ1) is 10.9. The summed E-state index contributed by atoms with van der Waals surface area (Å²) in [4.78, 5) is 22.9. The summed E-state index contributed by atoms with van der Waals surface area (Å²) < 4.78 is 13.2. The number of nitrogens with one attached hydrogen (secondary N) is 1. The van der Waals surface area contributed by atoms with Gasteiger partial charge in [-0.05, 0) is 28.5 Å². The van der Waals surface area contributed by atoms with Gasteiger partial charge in [-0.15, -0.1) is 0 Å². The summed E-state index contributed by atoms with van der Waals surface area (Å²) >= 11 is 0. The van der Waals surface area contributed by atoms with Crippen molar-refractivity contribution in [2.24, 2.45) is 0 Å². The molecule has 4 heteroatoms. The molecule has 0 spiro atoms. The standard InChI is InChI=1S/C14H10FNO2/c15-9-4-5-10-8(6-9)2-1-3-11(10)12-7-13(17)16-14(12)18/h1-6,12H,7H2,(H,16,17,18). The van der Waals surface area contributed by atoms with Crippen molar-refractivity contribution in [3.8, 4) is 0 Å². The molecule has 1 heterocycles. The van der Waals surface area contributed by atoms with Crippen LogP contribution in [-0.2, 0) is 9.59 Å². The Labute approximate surface area is 103 Å². The number of hydrogen-bond donors (Lipinski definition) is 1. The third-order valence-electron chi connectivity index (χ3n) is 3.22. The highest BCUT2D eigenvalue weighted by Gasteiger charge is 2.32. The molecule has 0 bridgehead atoms. The average Bonchev–Trinajstić information content (AvgIpc) is 2.67. The lowest BCUT2D eigenvalue weighted by atomic mass is 9.92. The Kier molecular flexibility index (Phi) is 2.37. The third kappa shape index (κ3) is 1.66. The highest BCUT2D eigenvalue weighted by Crippen LogP contribution is 2.30. The summed E-state index contributed by atoms with van der Waals surface area (Å²) in [7, 11) is 0. The third-order valence-corrected chi connectivity index (χ3v) is 3.22. The molecule has 0 radical (unpaired) electrons. The molecule has 90 valence electrons. The molecule has 1 atom stereocenters. The summed E-state index contributed by atoms with van der Waals surface area (Å²) in [5.41, 5.74) is 0.774. The van der Waals surface area contributed by atoms with Gasteiger partial charge in [-0.3, -0.25) is 14.9 Å². The fourth-order valence-electron chi connectivity index (χ4n) is 2.39. The quantitative estimate of drug-likeness (QED) is 0.780. The smallest absolute Gasteiger partial charge is 0.234 e. The van der Waals surface area contributed by atoms with Crippen LogP contribution in [-0.4, -0.2) is 11.8 Å². The molecule has 1 aliphatic rings. The minimum atomic E-state index is -0.466. The number of benzene rings is 2. The van der Waals surface area contributed by atoms with E-state index in [1.807, 2.05) is 6.07 Å². The predicted octanol–water partition coefficient (Wildman–Crippen LogP) is 2.11. The summed E-state index contributed by atoms with van der Waals surface area (Å²) in [6.07, 6.45) is 0.162. The Morgan fingerprint density at radius 1 is 1.17 bits per heavy atom. The molecule has 1 N–H and O–H groups in total. The second-order valence-corrected chi connectivity index (χ2v) is 4.38. The van der Waals surface area contributed by atoms with Gasteiger partial charge in [0.25, 0.3) is 0 Å². The van der Waals surface area contributed by atoms with Crippen LogP contribution >= 0.6 is 0 Å². The average molecular weight is 243 g/mol. The molecule has 2 amide bonds. The molecular weight excluding hydrogens is 233 g/mol. The number of imide groups is 1. The Morgan fingerprint density at radius 3 is 2.72 bits per heavy atom. The van der Waals surface area contributed by atoms with Crippen molar-refractivity contribution in [1.29, 1.82) is 0 Å². The van der Waals surface area contributed by atoms with Crippen molar-refractivity contribution in [1.82, 2.24) is 5.32 Å². The Bertz CT molecular complexity index is 666. The lowest BCUT2D eigenvalue weighted by Crippen LogP contribution is -2.21. The summed E-state index contributed by atoms with van der Waals surface area (Å²) in [5, 5.41) is 3.84. The number of halogens is 1. The van der Waals surface area contributed by atoms with E-state index in [1.54, 1.807) is 18.2 Å². The van der Waals surface area contributed by atoms with Gasteiger partial charge < -0.3 is 0 Å². The van der Waals surface area contributed by atoms with Crippen LogP contribution in [0.2, 0.25) is 0 Å². The second kappa shape index (κ2) is 3.91. The first-order valence-electron chi connectivity index (χ1n) is 5.67. The van der Waals surface area contributed by atoms with Crippen LogP contribution in [0.1, 0.15) is 17.9 Å². The molecule has 0 aliphatic carbocycles. The van der Waals surface area contributed by atoms with E-state index in [2.05, 4.69) is 5.32 Å². The van der Waals surface area contributed by atoms with E-state index in [1.165, 1.54) is 12.1 Å². The van der Waals surface area contributed by atoms with Crippen molar-refractivity contribution < 1.29 is 14.0 Å². The van der Waals surface area contributed by atoms with Crippen LogP contribution in [0.4, 0.5) is 4.39 Å². The Hall–Kier alpha value is -2.23. The van der Waals surface area contributed by atoms with Crippen molar-refractivity contribution in [2.75, 3.05) is 0 Å². The number of carbonyl (C=O) groups is 2. The molecule has 3 nitrogen and oxygen atoms in total. The maximum absolute atomic E-state index is 13.2. The molecule has 0 aromatic heterocycles. The van der Waals surface area contributed by atoms with Gasteiger partial charge in [0, 0.05) is 6.42 Å². The monoisotopic (exact) mass is 243 g/mol. The van der Waals surface area contributed by atoms with Gasteiger partial charge in [-0.25, -0.2) is 4.39 Å². The largest absolute Gasteiger partial charge is 0.296 e. The first-order valence-corrected chi connectivity index (χ1v) is 5.67. The SMILES string of the molecule is O=C1CC(c2cccc3cc(F)ccc23)C(=O)N1. The second-order valence-electron chi connectivity index (χ2n) is 4.38. The van der Waals surface area contributed by atoms with Gasteiger partial charge in [0.1, 0.15) is 5.82 Å². The number of fused-ring (bicyclic) bond motifs is 1. The minimum Gasteiger partial charge on any atom is -0.296 e. The van der Waals surface area contributed by atoms with Gasteiger partial charge in [-0.1, -0.05) is 24.3 Å². The predicted molar refractivity (Wildman–Crippen MR) is 64.4 cm³/mol. The highest BCUT2D eigenvalue weighted by atomic mass is 19.1. The highest BCUT2D eigenvalue weighted by molar-refractivity contribution is 6.07. The van der Waals surface area contributed by atoms with Crippen LogP contribution in [0, 0.1) is 5.82 Å². The molecule has 3 rings (SSSR count). The molecule has 1 unspecified atom stereocenters. The van der Waals surface area contributed by atoms with E-state index in [4.69, 9.17) is 0 Å². The first-order chi connectivity index (χ1) is 8.65. The normalized spacial score (nSPS) is 19.3. The number of rotatable bonds is 1. The van der Waals surface area contributed by atoms with Crippen molar-refractivity contribution in [3.05, 3.63) is 47.8 Å². The van der Waals surface area contributed by atoms with Gasteiger partial charge in [0.05, 0.1) is 5.92 Å². The van der Waals surface area contributed by atoms with E-state index in [-0.39, 0.29) is 24.1 Å². The van der Waals surface area contributed by atoms with Gasteiger partial charge in [0.2, 0.25) is 11.8 Å².